The molecule has 5 heteroatoms. The molecule has 1 aliphatic carbocycles. The summed E-state index contributed by atoms with van der Waals surface area (Å²) in [5.41, 5.74) is 0. The summed E-state index contributed by atoms with van der Waals surface area (Å²) in [5, 5.41) is 6.25. The number of ether oxygens (including phenoxy) is 1. The van der Waals surface area contributed by atoms with Gasteiger partial charge in [-0.05, 0) is 32.7 Å². The van der Waals surface area contributed by atoms with E-state index in [0.717, 1.165) is 45.2 Å². The van der Waals surface area contributed by atoms with Gasteiger partial charge >= 0.3 is 0 Å². The summed E-state index contributed by atoms with van der Waals surface area (Å²) >= 11 is 0. The fourth-order valence-electron chi connectivity index (χ4n) is 2.28. The van der Waals surface area contributed by atoms with Crippen LogP contribution in [0.2, 0.25) is 0 Å². The molecule has 2 aliphatic rings. The lowest BCUT2D eigenvalue weighted by atomic mass is 10.1. The van der Waals surface area contributed by atoms with E-state index in [1.165, 1.54) is 12.8 Å². The molecule has 0 aromatic rings. The molecule has 5 nitrogen and oxygen atoms in total. The molecule has 0 spiro atoms. The lowest BCUT2D eigenvalue weighted by Gasteiger charge is -2.23. The largest absolute Gasteiger partial charge is 0.381 e. The molecule has 2 fully saturated rings. The number of carbonyl (C=O) groups excluding carboxylic acids is 1. The topological polar surface area (TPSA) is 53.6 Å². The highest BCUT2D eigenvalue weighted by Gasteiger charge is 2.25. The van der Waals surface area contributed by atoms with Crippen molar-refractivity contribution in [3.63, 3.8) is 0 Å². The van der Waals surface area contributed by atoms with Crippen LogP contribution in [0.4, 0.5) is 0 Å². The lowest BCUT2D eigenvalue weighted by molar-refractivity contribution is -0.121. The number of hydrogen-bond acceptors (Lipinski definition) is 4. The first-order chi connectivity index (χ1) is 8.75. The van der Waals surface area contributed by atoms with Crippen LogP contribution in [0.5, 0.6) is 0 Å². The van der Waals surface area contributed by atoms with Crippen molar-refractivity contribution in [1.29, 1.82) is 0 Å². The molecule has 2 N–H and O–H groups in total. The Bertz CT molecular complexity index is 263. The van der Waals surface area contributed by atoms with Crippen molar-refractivity contribution in [2.45, 2.75) is 37.8 Å². The number of hydrogen-bond donors (Lipinski definition) is 2. The molecule has 18 heavy (non-hydrogen) atoms. The maximum atomic E-state index is 11.7. The van der Waals surface area contributed by atoms with Gasteiger partial charge in [-0.15, -0.1) is 0 Å². The molecule has 104 valence electrons. The summed E-state index contributed by atoms with van der Waals surface area (Å²) in [6.45, 7) is 3.87. The van der Waals surface area contributed by atoms with E-state index < -0.39 is 0 Å². The molecule has 1 saturated heterocycles. The third-order valence-corrected chi connectivity index (χ3v) is 3.68. The summed E-state index contributed by atoms with van der Waals surface area (Å²) < 4.78 is 5.26. The molecule has 0 aromatic carbocycles. The van der Waals surface area contributed by atoms with Crippen molar-refractivity contribution < 1.29 is 9.53 Å². The van der Waals surface area contributed by atoms with Gasteiger partial charge in [-0.3, -0.25) is 4.79 Å². The molecular weight excluding hydrogens is 230 g/mol. The third-order valence-electron chi connectivity index (χ3n) is 3.68. The van der Waals surface area contributed by atoms with Crippen molar-refractivity contribution in [2.24, 2.45) is 0 Å². The van der Waals surface area contributed by atoms with E-state index in [1.807, 2.05) is 0 Å². The van der Waals surface area contributed by atoms with Crippen LogP contribution in [-0.2, 0) is 9.53 Å². The third kappa shape index (κ3) is 4.92. The van der Waals surface area contributed by atoms with Crippen molar-refractivity contribution >= 4 is 5.91 Å². The summed E-state index contributed by atoms with van der Waals surface area (Å²) in [5.74, 6) is 0.107. The van der Waals surface area contributed by atoms with E-state index in [0.29, 0.717) is 12.6 Å². The van der Waals surface area contributed by atoms with Crippen molar-refractivity contribution in [3.05, 3.63) is 0 Å². The van der Waals surface area contributed by atoms with Crippen LogP contribution < -0.4 is 10.6 Å². The van der Waals surface area contributed by atoms with Gasteiger partial charge in [0, 0.05) is 38.4 Å². The average Bonchev–Trinajstić information content (AvgIpc) is 3.20. The van der Waals surface area contributed by atoms with E-state index in [9.17, 15) is 4.79 Å². The monoisotopic (exact) mass is 255 g/mol. The van der Waals surface area contributed by atoms with Crippen LogP contribution >= 0.6 is 0 Å². The van der Waals surface area contributed by atoms with Crippen molar-refractivity contribution in [3.8, 4) is 0 Å². The fourth-order valence-corrected chi connectivity index (χ4v) is 2.28. The Labute approximate surface area is 109 Å². The van der Waals surface area contributed by atoms with Crippen molar-refractivity contribution in [1.82, 2.24) is 15.5 Å². The predicted octanol–water partition coefficient (Wildman–Crippen LogP) is -0.0346. The molecule has 0 aromatic heterocycles. The molecule has 1 aliphatic heterocycles. The van der Waals surface area contributed by atoms with Crippen LogP contribution in [0, 0.1) is 0 Å². The number of likely N-dealkylation sites (N-methyl/N-ethyl adjacent to an activating group) is 1. The SMILES string of the molecule is CN(CCNCC(=O)NC1CCOCC1)C1CC1. The molecule has 0 unspecified atom stereocenters. The minimum absolute atomic E-state index is 0.107. The number of carbonyl (C=O) groups is 1. The van der Waals surface area contributed by atoms with Gasteiger partial charge < -0.3 is 20.3 Å². The van der Waals surface area contributed by atoms with Gasteiger partial charge in [-0.2, -0.15) is 0 Å². The first kappa shape index (κ1) is 13.8. The highest BCUT2D eigenvalue weighted by molar-refractivity contribution is 5.78. The van der Waals surface area contributed by atoms with E-state index >= 15 is 0 Å². The second-order valence-corrected chi connectivity index (χ2v) is 5.34. The summed E-state index contributed by atoms with van der Waals surface area (Å²) in [6.07, 6.45) is 4.55. The Morgan fingerprint density at radius 3 is 2.67 bits per heavy atom. The van der Waals surface area contributed by atoms with Gasteiger partial charge in [-0.1, -0.05) is 0 Å². The second kappa shape index (κ2) is 7.07. The molecule has 0 atom stereocenters. The molecule has 2 rings (SSSR count). The van der Waals surface area contributed by atoms with Crippen LogP contribution in [0.25, 0.3) is 0 Å². The normalized spacial score (nSPS) is 21.2. The van der Waals surface area contributed by atoms with E-state index in [2.05, 4.69) is 22.6 Å². The maximum absolute atomic E-state index is 11.7. The van der Waals surface area contributed by atoms with Gasteiger partial charge in [0.05, 0.1) is 6.54 Å². The maximum Gasteiger partial charge on any atom is 0.234 e. The van der Waals surface area contributed by atoms with E-state index in [1.54, 1.807) is 0 Å². The Balaban J connectivity index is 1.48. The second-order valence-electron chi connectivity index (χ2n) is 5.34. The highest BCUT2D eigenvalue weighted by atomic mass is 16.5. The summed E-state index contributed by atoms with van der Waals surface area (Å²) in [6, 6.07) is 1.10. The van der Waals surface area contributed by atoms with Crippen LogP contribution in [-0.4, -0.2) is 62.8 Å². The minimum atomic E-state index is 0.107. The van der Waals surface area contributed by atoms with Crippen LogP contribution in [0.3, 0.4) is 0 Å². The molecule has 0 radical (unpaired) electrons. The summed E-state index contributed by atoms with van der Waals surface area (Å²) in [4.78, 5) is 14.0. The first-order valence-corrected chi connectivity index (χ1v) is 7.04. The van der Waals surface area contributed by atoms with E-state index in [-0.39, 0.29) is 5.91 Å². The van der Waals surface area contributed by atoms with Gasteiger partial charge in [0.1, 0.15) is 0 Å². The number of amides is 1. The van der Waals surface area contributed by atoms with Crippen LogP contribution in [0.15, 0.2) is 0 Å². The van der Waals surface area contributed by atoms with Gasteiger partial charge in [-0.25, -0.2) is 0 Å². The van der Waals surface area contributed by atoms with Crippen molar-refractivity contribution in [2.75, 3.05) is 39.9 Å². The molecular formula is C13H25N3O2. The highest BCUT2D eigenvalue weighted by Crippen LogP contribution is 2.24. The van der Waals surface area contributed by atoms with Gasteiger partial charge in [0.2, 0.25) is 5.91 Å². The average molecular weight is 255 g/mol. The molecule has 1 heterocycles. The van der Waals surface area contributed by atoms with Crippen LogP contribution in [0.1, 0.15) is 25.7 Å². The standard InChI is InChI=1S/C13H25N3O2/c1-16(12-2-3-12)7-6-14-10-13(17)15-11-4-8-18-9-5-11/h11-12,14H,2-10H2,1H3,(H,15,17). The Kier molecular flexibility index (Phi) is 5.41. The molecule has 1 amide bonds. The zero-order chi connectivity index (χ0) is 12.8. The number of nitrogens with one attached hydrogen (secondary N) is 2. The smallest absolute Gasteiger partial charge is 0.234 e. The fraction of sp³-hybridized carbons (Fsp3) is 0.923. The Morgan fingerprint density at radius 2 is 2.00 bits per heavy atom. The van der Waals surface area contributed by atoms with Gasteiger partial charge in [0.15, 0.2) is 0 Å². The Morgan fingerprint density at radius 1 is 1.28 bits per heavy atom. The molecule has 0 bridgehead atoms. The summed E-state index contributed by atoms with van der Waals surface area (Å²) in [7, 11) is 2.15. The number of rotatable bonds is 7. The first-order valence-electron chi connectivity index (χ1n) is 7.04. The van der Waals surface area contributed by atoms with E-state index in [4.69, 9.17) is 4.74 Å². The zero-order valence-electron chi connectivity index (χ0n) is 11.3. The molecule has 1 saturated carbocycles. The minimum Gasteiger partial charge on any atom is -0.381 e. The number of nitrogens with zero attached hydrogens (tertiary/aromatic N) is 1. The zero-order valence-corrected chi connectivity index (χ0v) is 11.3. The predicted molar refractivity (Wildman–Crippen MR) is 70.5 cm³/mol. The quantitative estimate of drug-likeness (QED) is 0.627. The van der Waals surface area contributed by atoms with Gasteiger partial charge in [0.25, 0.3) is 0 Å². The lowest BCUT2D eigenvalue weighted by Crippen LogP contribution is -2.44. The Hall–Kier alpha value is -0.650.